The molecule has 0 bridgehead atoms. The fourth-order valence-electron chi connectivity index (χ4n) is 3.55. The lowest BCUT2D eigenvalue weighted by Gasteiger charge is -2.36. The Morgan fingerprint density at radius 3 is 1.92 bits per heavy atom. The molecule has 0 saturated heterocycles. The summed E-state index contributed by atoms with van der Waals surface area (Å²) in [6.07, 6.45) is 0.611. The van der Waals surface area contributed by atoms with Gasteiger partial charge in [-0.1, -0.05) is 12.1 Å². The van der Waals surface area contributed by atoms with Crippen LogP contribution in [-0.2, 0) is 5.60 Å². The van der Waals surface area contributed by atoms with Crippen molar-refractivity contribution in [3.63, 3.8) is 0 Å². The van der Waals surface area contributed by atoms with Gasteiger partial charge in [0.05, 0.1) is 0 Å². The highest BCUT2D eigenvalue weighted by molar-refractivity contribution is 6.20. The van der Waals surface area contributed by atoms with Crippen molar-refractivity contribution < 1.29 is 23.1 Å². The fraction of sp³-hybridized carbons (Fsp3) is 0.632. The molecule has 2 saturated carbocycles. The van der Waals surface area contributed by atoms with Gasteiger partial charge in [-0.3, -0.25) is 4.79 Å². The molecule has 0 aromatic heterocycles. The second kappa shape index (κ2) is 7.04. The normalized spacial score (nSPS) is 26.2. The summed E-state index contributed by atoms with van der Waals surface area (Å²) < 4.78 is 38.9. The Bertz CT molecular complexity index is 648. The molecule has 0 heterocycles. The maximum Gasteiger partial charge on any atom is 0.421 e. The molecule has 0 unspecified atom stereocenters. The second-order valence-corrected chi connectivity index (χ2v) is 8.11. The quantitative estimate of drug-likeness (QED) is 0.764. The highest BCUT2D eigenvalue weighted by atomic mass is 35.5. The van der Waals surface area contributed by atoms with Crippen molar-refractivity contribution in [2.24, 2.45) is 0 Å². The number of benzene rings is 1. The Balaban J connectivity index is 1.78. The van der Waals surface area contributed by atoms with E-state index in [9.17, 15) is 23.1 Å². The fourth-order valence-corrected chi connectivity index (χ4v) is 3.80. The number of rotatable bonds is 4. The largest absolute Gasteiger partial charge is 0.421 e. The minimum absolute atomic E-state index is 0.142. The van der Waals surface area contributed by atoms with E-state index in [0.717, 1.165) is 38.5 Å². The Kier molecular flexibility index (Phi) is 5.28. The Hall–Kier alpha value is -1.27. The van der Waals surface area contributed by atoms with Crippen molar-refractivity contribution in [3.05, 3.63) is 35.4 Å². The van der Waals surface area contributed by atoms with E-state index in [1.54, 1.807) is 0 Å². The van der Waals surface area contributed by atoms with Crippen LogP contribution < -0.4 is 0 Å². The van der Waals surface area contributed by atoms with E-state index in [0.29, 0.717) is 12.5 Å². The van der Waals surface area contributed by atoms with E-state index in [4.69, 9.17) is 11.6 Å². The van der Waals surface area contributed by atoms with Gasteiger partial charge >= 0.3 is 6.18 Å². The monoisotopic (exact) mass is 389 g/mol. The topological polar surface area (TPSA) is 40.5 Å². The number of amides is 1. The van der Waals surface area contributed by atoms with Crippen molar-refractivity contribution in [2.45, 2.75) is 74.7 Å². The van der Waals surface area contributed by atoms with Crippen LogP contribution in [0.25, 0.3) is 0 Å². The molecule has 26 heavy (non-hydrogen) atoms. The maximum absolute atomic E-state index is 13.0. The van der Waals surface area contributed by atoms with Crippen LogP contribution in [0.15, 0.2) is 24.3 Å². The highest BCUT2D eigenvalue weighted by Gasteiger charge is 2.51. The van der Waals surface area contributed by atoms with E-state index in [1.807, 2.05) is 4.90 Å². The van der Waals surface area contributed by atoms with E-state index in [2.05, 4.69) is 0 Å². The molecular formula is C19H23ClF3NO2. The van der Waals surface area contributed by atoms with Crippen molar-refractivity contribution in [1.82, 2.24) is 4.90 Å². The first-order valence-electron chi connectivity index (χ1n) is 8.97. The van der Waals surface area contributed by atoms with Crippen LogP contribution >= 0.6 is 11.6 Å². The number of halogens is 4. The van der Waals surface area contributed by atoms with Gasteiger partial charge in [0.1, 0.15) is 0 Å². The lowest BCUT2D eigenvalue weighted by atomic mass is 9.92. The van der Waals surface area contributed by atoms with Gasteiger partial charge in [0.2, 0.25) is 0 Å². The summed E-state index contributed by atoms with van der Waals surface area (Å²) in [4.78, 5) is 14.9. The van der Waals surface area contributed by atoms with Crippen LogP contribution in [0.4, 0.5) is 13.2 Å². The Morgan fingerprint density at radius 2 is 1.50 bits per heavy atom. The molecule has 144 valence electrons. The maximum atomic E-state index is 13.0. The summed E-state index contributed by atoms with van der Waals surface area (Å²) >= 11 is 6.16. The van der Waals surface area contributed by atoms with Crippen molar-refractivity contribution in [1.29, 1.82) is 0 Å². The number of carbonyl (C=O) groups is 1. The van der Waals surface area contributed by atoms with Gasteiger partial charge in [-0.25, -0.2) is 0 Å². The third kappa shape index (κ3) is 3.86. The molecule has 0 radical (unpaired) electrons. The highest BCUT2D eigenvalue weighted by Crippen LogP contribution is 2.39. The van der Waals surface area contributed by atoms with Gasteiger partial charge in [0.25, 0.3) is 5.91 Å². The van der Waals surface area contributed by atoms with Gasteiger partial charge < -0.3 is 10.0 Å². The molecule has 1 aromatic rings. The molecule has 2 aliphatic rings. The molecule has 2 fully saturated rings. The lowest BCUT2D eigenvalue weighted by Crippen LogP contribution is -2.44. The average Bonchev–Trinajstić information content (AvgIpc) is 3.41. The molecule has 2 aliphatic carbocycles. The molecule has 7 heteroatoms. The summed E-state index contributed by atoms with van der Waals surface area (Å²) in [5, 5.41) is 9.91. The Labute approximate surface area is 156 Å². The first-order valence-corrected chi connectivity index (χ1v) is 9.41. The smallest absolute Gasteiger partial charge is 0.376 e. The zero-order valence-corrected chi connectivity index (χ0v) is 15.4. The predicted octanol–water partition coefficient (Wildman–Crippen LogP) is 4.61. The van der Waals surface area contributed by atoms with E-state index < -0.39 is 11.8 Å². The predicted molar refractivity (Wildman–Crippen MR) is 93.2 cm³/mol. The molecule has 3 nitrogen and oxygen atoms in total. The average molecular weight is 390 g/mol. The number of nitrogens with zero attached hydrogens (tertiary/aromatic N) is 1. The summed E-state index contributed by atoms with van der Waals surface area (Å²) in [6.45, 7) is 0.713. The standard InChI is InChI=1S/C19H23ClF3NO2/c1-18(26,19(21,22)23)13-4-2-12(3-5-13)17(25)24(16-10-11-16)15-8-6-14(20)7-9-15/h2-5,14-16,26H,6-11H2,1H3/t14?,15?,18-/m0/s1. The second-order valence-electron chi connectivity index (χ2n) is 7.50. The van der Waals surface area contributed by atoms with Crippen LogP contribution in [0.1, 0.15) is 61.4 Å². The van der Waals surface area contributed by atoms with Gasteiger partial charge in [-0.2, -0.15) is 13.2 Å². The van der Waals surface area contributed by atoms with Gasteiger partial charge in [0.15, 0.2) is 5.60 Å². The van der Waals surface area contributed by atoms with Gasteiger partial charge in [-0.15, -0.1) is 11.6 Å². The minimum atomic E-state index is -4.78. The summed E-state index contributed by atoms with van der Waals surface area (Å²) in [6, 6.07) is 5.48. The first kappa shape index (κ1) is 19.5. The zero-order valence-electron chi connectivity index (χ0n) is 14.6. The van der Waals surface area contributed by atoms with Crippen molar-refractivity contribution in [2.75, 3.05) is 0 Å². The molecule has 0 spiro atoms. The number of hydrogen-bond donors (Lipinski definition) is 1. The molecule has 1 N–H and O–H groups in total. The number of hydrogen-bond acceptors (Lipinski definition) is 2. The van der Waals surface area contributed by atoms with Crippen molar-refractivity contribution in [3.8, 4) is 0 Å². The molecule has 1 atom stereocenters. The summed E-state index contributed by atoms with van der Waals surface area (Å²) in [7, 11) is 0. The first-order chi connectivity index (χ1) is 12.1. The number of aliphatic hydroxyl groups is 1. The third-order valence-electron chi connectivity index (χ3n) is 5.44. The number of carbonyl (C=O) groups excluding carboxylic acids is 1. The van der Waals surface area contributed by atoms with Crippen LogP contribution in [-0.4, -0.2) is 39.6 Å². The van der Waals surface area contributed by atoms with Gasteiger partial charge in [-0.05, 0) is 63.1 Å². The minimum Gasteiger partial charge on any atom is -0.376 e. The Morgan fingerprint density at radius 1 is 1.04 bits per heavy atom. The van der Waals surface area contributed by atoms with Gasteiger partial charge in [0, 0.05) is 23.0 Å². The van der Waals surface area contributed by atoms with Crippen LogP contribution in [0.5, 0.6) is 0 Å². The molecule has 1 amide bonds. The lowest BCUT2D eigenvalue weighted by molar-refractivity contribution is -0.258. The SMILES string of the molecule is C[C@](O)(c1ccc(C(=O)N(C2CCC(Cl)CC2)C2CC2)cc1)C(F)(F)F. The zero-order chi connectivity index (χ0) is 19.1. The van der Waals surface area contributed by atoms with Crippen molar-refractivity contribution >= 4 is 17.5 Å². The third-order valence-corrected chi connectivity index (χ3v) is 5.88. The summed E-state index contributed by atoms with van der Waals surface area (Å²) in [5.41, 5.74) is -2.86. The summed E-state index contributed by atoms with van der Waals surface area (Å²) in [5.74, 6) is -0.149. The van der Waals surface area contributed by atoms with Crippen LogP contribution in [0.2, 0.25) is 0 Å². The van der Waals surface area contributed by atoms with E-state index >= 15 is 0 Å². The molecule has 1 aromatic carbocycles. The molecular weight excluding hydrogens is 367 g/mol. The molecule has 0 aliphatic heterocycles. The van der Waals surface area contributed by atoms with Crippen LogP contribution in [0.3, 0.4) is 0 Å². The van der Waals surface area contributed by atoms with E-state index in [-0.39, 0.29) is 28.9 Å². The molecule has 3 rings (SSSR count). The van der Waals surface area contributed by atoms with E-state index in [1.165, 1.54) is 24.3 Å². The van der Waals surface area contributed by atoms with Crippen LogP contribution in [0, 0.1) is 0 Å². The number of alkyl halides is 4.